The number of imidazole rings is 1. The molecule has 2 rings (SSSR count). The summed E-state index contributed by atoms with van der Waals surface area (Å²) in [5.74, 6) is -0.0824. The third-order valence-electron chi connectivity index (χ3n) is 3.51. The molecule has 0 aliphatic rings. The van der Waals surface area contributed by atoms with Gasteiger partial charge in [0.05, 0.1) is 0 Å². The Kier molecular flexibility index (Phi) is 5.31. The monoisotopic (exact) mass is 425 g/mol. The first-order valence-electron chi connectivity index (χ1n) is 7.35. The van der Waals surface area contributed by atoms with E-state index in [4.69, 9.17) is 4.74 Å². The zero-order chi connectivity index (χ0) is 18.3. The van der Waals surface area contributed by atoms with Crippen molar-refractivity contribution in [3.63, 3.8) is 0 Å². The smallest absolute Gasteiger partial charge is 0.361 e. The van der Waals surface area contributed by atoms with Crippen molar-refractivity contribution < 1.29 is 17.9 Å². The van der Waals surface area contributed by atoms with Gasteiger partial charge in [-0.05, 0) is 28.9 Å². The first kappa shape index (κ1) is 19.2. The van der Waals surface area contributed by atoms with Crippen LogP contribution in [0.25, 0.3) is 5.78 Å². The average molecular weight is 426 g/mol. The summed E-state index contributed by atoms with van der Waals surface area (Å²) < 4.78 is 46.7. The molecule has 5 nitrogen and oxygen atoms in total. The lowest BCUT2D eigenvalue weighted by atomic mass is 10.4. The molecule has 24 heavy (non-hydrogen) atoms. The second kappa shape index (κ2) is 6.64. The van der Waals surface area contributed by atoms with Gasteiger partial charge >= 0.3 is 6.18 Å². The Morgan fingerprint density at radius 2 is 1.96 bits per heavy atom. The molecule has 0 aliphatic heterocycles. The summed E-state index contributed by atoms with van der Waals surface area (Å²) in [6.45, 7) is 8.89. The van der Waals surface area contributed by atoms with E-state index in [2.05, 4.69) is 40.6 Å². The van der Waals surface area contributed by atoms with Gasteiger partial charge in [-0.3, -0.25) is 13.8 Å². The van der Waals surface area contributed by atoms with E-state index in [9.17, 15) is 18.0 Å². The summed E-state index contributed by atoms with van der Waals surface area (Å²) in [6.07, 6.45) is -3.26. The second-order valence-electron chi connectivity index (χ2n) is 6.79. The van der Waals surface area contributed by atoms with Crippen molar-refractivity contribution in [3.8, 4) is 0 Å². The number of aryl methyl sites for hydroxylation is 1. The summed E-state index contributed by atoms with van der Waals surface area (Å²) in [6, 6.07) is 0.942. The number of aromatic nitrogens is 3. The van der Waals surface area contributed by atoms with Crippen molar-refractivity contribution in [2.75, 3.05) is 6.61 Å². The summed E-state index contributed by atoms with van der Waals surface area (Å²) in [4.78, 5) is 15.8. The van der Waals surface area contributed by atoms with Gasteiger partial charge in [-0.1, -0.05) is 19.6 Å². The van der Waals surface area contributed by atoms with Crippen molar-refractivity contribution in [2.24, 2.45) is 0 Å². The Morgan fingerprint density at radius 3 is 2.50 bits per heavy atom. The molecule has 10 heteroatoms. The molecule has 0 bridgehead atoms. The van der Waals surface area contributed by atoms with Crippen molar-refractivity contribution in [1.82, 2.24) is 14.0 Å². The van der Waals surface area contributed by atoms with Crippen LogP contribution in [-0.2, 0) is 17.6 Å². The van der Waals surface area contributed by atoms with Gasteiger partial charge in [0.25, 0.3) is 5.56 Å². The third-order valence-corrected chi connectivity index (χ3v) is 5.93. The molecule has 0 unspecified atom stereocenters. The molecule has 0 N–H and O–H groups in total. The van der Waals surface area contributed by atoms with Gasteiger partial charge in [-0.25, -0.2) is 4.98 Å². The Morgan fingerprint density at radius 1 is 1.33 bits per heavy atom. The van der Waals surface area contributed by atoms with Gasteiger partial charge < -0.3 is 4.74 Å². The molecule has 0 atom stereocenters. The van der Waals surface area contributed by atoms with Crippen LogP contribution in [0.2, 0.25) is 25.7 Å². The fourth-order valence-corrected chi connectivity index (χ4v) is 3.36. The van der Waals surface area contributed by atoms with E-state index in [0.717, 1.165) is 10.4 Å². The van der Waals surface area contributed by atoms with E-state index < -0.39 is 30.0 Å². The summed E-state index contributed by atoms with van der Waals surface area (Å²) in [5.41, 5.74) is -1.43. The standard InChI is InChI=1S/C14H19BrF3N3O2Si/c1-9-7-20-12(22)10(15)11(14(16,17)18)19-13(20)21(9)8-23-5-6-24(2,3)4/h7H,5-6,8H2,1-4H3. The number of alkyl halides is 3. The molecule has 2 heterocycles. The number of halogens is 4. The number of ether oxygens (including phenoxy) is 1. The number of hydrogen-bond donors (Lipinski definition) is 0. The van der Waals surface area contributed by atoms with Crippen LogP contribution in [0.1, 0.15) is 11.4 Å². The minimum atomic E-state index is -4.71. The summed E-state index contributed by atoms with van der Waals surface area (Å²) in [5, 5.41) is 0. The zero-order valence-corrected chi connectivity index (χ0v) is 16.5. The molecule has 2 aromatic heterocycles. The predicted molar refractivity (Wildman–Crippen MR) is 91.0 cm³/mol. The number of fused-ring (bicyclic) bond motifs is 1. The van der Waals surface area contributed by atoms with E-state index >= 15 is 0 Å². The highest BCUT2D eigenvalue weighted by Gasteiger charge is 2.37. The van der Waals surface area contributed by atoms with Crippen LogP contribution in [0, 0.1) is 6.92 Å². The van der Waals surface area contributed by atoms with Crippen LogP contribution in [0.4, 0.5) is 13.2 Å². The predicted octanol–water partition coefficient (Wildman–Crippen LogP) is 3.90. The molecular weight excluding hydrogens is 407 g/mol. The highest BCUT2D eigenvalue weighted by molar-refractivity contribution is 9.10. The lowest BCUT2D eigenvalue weighted by molar-refractivity contribution is -0.141. The maximum atomic E-state index is 13.1. The first-order chi connectivity index (χ1) is 10.9. The molecule has 0 radical (unpaired) electrons. The van der Waals surface area contributed by atoms with E-state index in [0.29, 0.717) is 12.3 Å². The topological polar surface area (TPSA) is 48.5 Å². The highest BCUT2D eigenvalue weighted by Crippen LogP contribution is 2.32. The Hall–Kier alpha value is -1.13. The molecule has 2 aromatic rings. The van der Waals surface area contributed by atoms with Crippen LogP contribution in [0.3, 0.4) is 0 Å². The molecule has 0 aromatic carbocycles. The van der Waals surface area contributed by atoms with Crippen molar-refractivity contribution in [3.05, 3.63) is 32.4 Å². The number of nitrogens with zero attached hydrogens (tertiary/aromatic N) is 3. The minimum absolute atomic E-state index is 0.0538. The SMILES string of the molecule is Cc1cn2c(=O)c(Br)c(C(F)(F)F)nc2n1COCC[Si](C)(C)C. The van der Waals surface area contributed by atoms with E-state index in [-0.39, 0.29) is 12.5 Å². The zero-order valence-electron chi connectivity index (χ0n) is 13.9. The van der Waals surface area contributed by atoms with Gasteiger partial charge in [0.1, 0.15) is 11.2 Å². The van der Waals surface area contributed by atoms with Crippen LogP contribution in [0.5, 0.6) is 0 Å². The lowest BCUT2D eigenvalue weighted by Gasteiger charge is -2.16. The summed E-state index contributed by atoms with van der Waals surface area (Å²) in [7, 11) is -1.26. The third kappa shape index (κ3) is 4.09. The fourth-order valence-electron chi connectivity index (χ4n) is 2.10. The molecule has 0 saturated carbocycles. The van der Waals surface area contributed by atoms with Gasteiger partial charge in [-0.2, -0.15) is 13.2 Å². The molecule has 134 valence electrons. The largest absolute Gasteiger partial charge is 0.434 e. The van der Waals surface area contributed by atoms with E-state index in [1.165, 1.54) is 10.8 Å². The van der Waals surface area contributed by atoms with Crippen LogP contribution in [0.15, 0.2) is 15.5 Å². The van der Waals surface area contributed by atoms with E-state index in [1.807, 2.05) is 0 Å². The van der Waals surface area contributed by atoms with Gasteiger partial charge in [0, 0.05) is 26.6 Å². The van der Waals surface area contributed by atoms with Gasteiger partial charge in [-0.15, -0.1) is 0 Å². The minimum Gasteiger partial charge on any atom is -0.361 e. The normalized spacial score (nSPS) is 13.0. The van der Waals surface area contributed by atoms with Crippen LogP contribution >= 0.6 is 15.9 Å². The maximum Gasteiger partial charge on any atom is 0.434 e. The van der Waals surface area contributed by atoms with Crippen molar-refractivity contribution in [2.45, 2.75) is 45.5 Å². The van der Waals surface area contributed by atoms with Crippen LogP contribution in [-0.4, -0.2) is 28.6 Å². The average Bonchev–Trinajstić information content (AvgIpc) is 2.73. The number of rotatable bonds is 5. The summed E-state index contributed by atoms with van der Waals surface area (Å²) >= 11 is 2.70. The Labute approximate surface area is 146 Å². The maximum absolute atomic E-state index is 13.1. The molecular formula is C14H19BrF3N3O2Si. The quantitative estimate of drug-likeness (QED) is 0.539. The first-order valence-corrected chi connectivity index (χ1v) is 11.8. The Bertz CT molecular complexity index is 809. The molecule has 0 fully saturated rings. The van der Waals surface area contributed by atoms with Gasteiger partial charge in [0.15, 0.2) is 5.69 Å². The van der Waals surface area contributed by atoms with Crippen LogP contribution < -0.4 is 5.56 Å². The molecule has 0 amide bonds. The Balaban J connectivity index is 2.39. The van der Waals surface area contributed by atoms with Gasteiger partial charge in [0.2, 0.25) is 5.78 Å². The molecule has 0 spiro atoms. The fraction of sp³-hybridized carbons (Fsp3) is 0.571. The highest BCUT2D eigenvalue weighted by atomic mass is 79.9. The number of hydrogen-bond acceptors (Lipinski definition) is 3. The molecule has 0 saturated heterocycles. The second-order valence-corrected chi connectivity index (χ2v) is 13.2. The molecule has 0 aliphatic carbocycles. The van der Waals surface area contributed by atoms with Crippen molar-refractivity contribution in [1.29, 1.82) is 0 Å². The van der Waals surface area contributed by atoms with Crippen molar-refractivity contribution >= 4 is 29.8 Å². The lowest BCUT2D eigenvalue weighted by Crippen LogP contribution is -2.23. The van der Waals surface area contributed by atoms with E-state index in [1.54, 1.807) is 6.92 Å².